The number of carbonyl (C=O) groups excluding carboxylic acids is 1. The van der Waals surface area contributed by atoms with Gasteiger partial charge in [-0.2, -0.15) is 5.10 Å². The van der Waals surface area contributed by atoms with Crippen LogP contribution in [0.3, 0.4) is 0 Å². The summed E-state index contributed by atoms with van der Waals surface area (Å²) in [6, 6.07) is 7.03. The summed E-state index contributed by atoms with van der Waals surface area (Å²) in [5.41, 5.74) is 1.04. The van der Waals surface area contributed by atoms with E-state index in [2.05, 4.69) is 5.10 Å². The van der Waals surface area contributed by atoms with Crippen molar-refractivity contribution in [3.8, 4) is 11.5 Å². The molecule has 1 fully saturated rings. The van der Waals surface area contributed by atoms with Gasteiger partial charge in [-0.05, 0) is 19.1 Å². The first-order valence-corrected chi connectivity index (χ1v) is 8.76. The Hall–Kier alpha value is -3.03. The first kappa shape index (κ1) is 18.8. The van der Waals surface area contributed by atoms with Crippen LogP contribution in [0.2, 0.25) is 0 Å². The number of aliphatic carboxylic acids is 1. The van der Waals surface area contributed by atoms with Crippen molar-refractivity contribution in [1.29, 1.82) is 0 Å². The highest BCUT2D eigenvalue weighted by molar-refractivity contribution is 5.93. The van der Waals surface area contributed by atoms with Crippen molar-refractivity contribution in [2.45, 2.75) is 19.4 Å². The summed E-state index contributed by atoms with van der Waals surface area (Å²) in [6.45, 7) is 2.99. The lowest BCUT2D eigenvalue weighted by atomic mass is 9.88. The molecule has 1 N–H and O–H groups in total. The smallest absolute Gasteiger partial charge is 0.308 e. The molecule has 2 heterocycles. The molecule has 0 aliphatic carbocycles. The second-order valence-electron chi connectivity index (χ2n) is 6.40. The molecule has 8 heteroatoms. The van der Waals surface area contributed by atoms with Gasteiger partial charge < -0.3 is 19.5 Å². The van der Waals surface area contributed by atoms with Crippen LogP contribution in [0.25, 0.3) is 0 Å². The third-order valence-electron chi connectivity index (χ3n) is 4.94. The molecular weight excluding hydrogens is 350 g/mol. The van der Waals surface area contributed by atoms with E-state index in [1.807, 2.05) is 13.0 Å². The molecule has 0 bridgehead atoms. The van der Waals surface area contributed by atoms with Crippen molar-refractivity contribution < 1.29 is 24.2 Å². The third-order valence-corrected chi connectivity index (χ3v) is 4.94. The predicted octanol–water partition coefficient (Wildman–Crippen LogP) is 1.86. The fraction of sp³-hybridized carbons (Fsp3) is 0.421. The number of rotatable bonds is 6. The van der Waals surface area contributed by atoms with E-state index in [0.29, 0.717) is 23.7 Å². The van der Waals surface area contributed by atoms with Gasteiger partial charge in [-0.1, -0.05) is 12.1 Å². The van der Waals surface area contributed by atoms with Crippen LogP contribution < -0.4 is 9.47 Å². The molecular formula is C19H23N3O5. The summed E-state index contributed by atoms with van der Waals surface area (Å²) in [5.74, 6) is -1.31. The molecule has 27 heavy (non-hydrogen) atoms. The summed E-state index contributed by atoms with van der Waals surface area (Å²) < 4.78 is 12.5. The Kier molecular flexibility index (Phi) is 5.34. The molecule has 1 saturated heterocycles. The molecule has 0 saturated carbocycles. The number of carbonyl (C=O) groups is 2. The standard InChI is InChI=1S/C19H23N3O5/c1-4-22-9-8-15(20-22)18(23)21-10-13(14(11-21)19(24)25)12-6-5-7-16(26-2)17(12)27-3/h5-9,13-14H,4,10-11H2,1-3H3,(H,24,25)/t13-,14+/m1/s1. The largest absolute Gasteiger partial charge is 0.493 e. The van der Waals surface area contributed by atoms with Crippen molar-refractivity contribution in [2.24, 2.45) is 5.92 Å². The first-order valence-electron chi connectivity index (χ1n) is 8.76. The van der Waals surface area contributed by atoms with Crippen molar-refractivity contribution >= 4 is 11.9 Å². The summed E-state index contributed by atoms with van der Waals surface area (Å²) in [7, 11) is 3.05. The zero-order valence-electron chi connectivity index (χ0n) is 15.6. The molecule has 1 aliphatic heterocycles. The number of hydrogen-bond acceptors (Lipinski definition) is 5. The maximum absolute atomic E-state index is 12.8. The minimum atomic E-state index is -0.945. The van der Waals surface area contributed by atoms with Gasteiger partial charge in [-0.15, -0.1) is 0 Å². The number of hydrogen-bond donors (Lipinski definition) is 1. The van der Waals surface area contributed by atoms with Crippen LogP contribution >= 0.6 is 0 Å². The van der Waals surface area contributed by atoms with Crippen LogP contribution in [-0.4, -0.2) is 59.0 Å². The summed E-state index contributed by atoms with van der Waals surface area (Å²) in [4.78, 5) is 26.2. The Morgan fingerprint density at radius 1 is 1.22 bits per heavy atom. The number of methoxy groups -OCH3 is 2. The normalized spacial score (nSPS) is 19.1. The predicted molar refractivity (Wildman–Crippen MR) is 97.2 cm³/mol. The fourth-order valence-electron chi connectivity index (χ4n) is 3.55. The van der Waals surface area contributed by atoms with E-state index in [1.165, 1.54) is 14.2 Å². The Morgan fingerprint density at radius 3 is 2.59 bits per heavy atom. The van der Waals surface area contributed by atoms with Gasteiger partial charge in [0.25, 0.3) is 5.91 Å². The Labute approximate surface area is 157 Å². The van der Waals surface area contributed by atoms with Gasteiger partial charge in [0.05, 0.1) is 20.1 Å². The lowest BCUT2D eigenvalue weighted by Gasteiger charge is -2.20. The maximum atomic E-state index is 12.8. The molecule has 2 atom stereocenters. The number of para-hydroxylation sites is 1. The highest BCUT2D eigenvalue weighted by Crippen LogP contribution is 2.42. The molecule has 3 rings (SSSR count). The number of ether oxygens (including phenoxy) is 2. The number of amides is 1. The van der Waals surface area contributed by atoms with Crippen molar-refractivity contribution in [1.82, 2.24) is 14.7 Å². The molecule has 1 aliphatic rings. The summed E-state index contributed by atoms with van der Waals surface area (Å²) in [6.07, 6.45) is 1.74. The number of aryl methyl sites for hydroxylation is 1. The quantitative estimate of drug-likeness (QED) is 0.831. The number of carboxylic acids is 1. The van der Waals surface area contributed by atoms with E-state index < -0.39 is 17.8 Å². The van der Waals surface area contributed by atoms with E-state index in [9.17, 15) is 14.7 Å². The second-order valence-corrected chi connectivity index (χ2v) is 6.40. The Bertz CT molecular complexity index is 848. The van der Waals surface area contributed by atoms with Gasteiger partial charge in [-0.3, -0.25) is 14.3 Å². The van der Waals surface area contributed by atoms with Gasteiger partial charge in [0, 0.05) is 37.3 Å². The molecule has 1 aromatic heterocycles. The fourth-order valence-corrected chi connectivity index (χ4v) is 3.55. The van der Waals surface area contributed by atoms with Crippen LogP contribution in [0.5, 0.6) is 11.5 Å². The number of aromatic nitrogens is 2. The van der Waals surface area contributed by atoms with Gasteiger partial charge in [0.1, 0.15) is 5.69 Å². The Balaban J connectivity index is 1.92. The SMILES string of the molecule is CCn1ccc(C(=O)N2C[C@H](C(=O)O)[C@@H](c3cccc(OC)c3OC)C2)n1. The molecule has 1 amide bonds. The minimum absolute atomic E-state index is 0.123. The minimum Gasteiger partial charge on any atom is -0.493 e. The van der Waals surface area contributed by atoms with E-state index in [0.717, 1.165) is 5.56 Å². The zero-order chi connectivity index (χ0) is 19.6. The third kappa shape index (κ3) is 3.47. The van der Waals surface area contributed by atoms with Crippen molar-refractivity contribution in [2.75, 3.05) is 27.3 Å². The number of carboxylic acid groups (broad SMARTS) is 1. The lowest BCUT2D eigenvalue weighted by molar-refractivity contribution is -0.141. The van der Waals surface area contributed by atoms with E-state index in [-0.39, 0.29) is 19.0 Å². The molecule has 0 radical (unpaired) electrons. The summed E-state index contributed by atoms with van der Waals surface area (Å²) in [5, 5.41) is 14.0. The van der Waals surface area contributed by atoms with Gasteiger partial charge in [-0.25, -0.2) is 0 Å². The number of likely N-dealkylation sites (tertiary alicyclic amines) is 1. The lowest BCUT2D eigenvalue weighted by Crippen LogP contribution is -2.30. The molecule has 0 spiro atoms. The van der Waals surface area contributed by atoms with Gasteiger partial charge in [0.15, 0.2) is 11.5 Å². The van der Waals surface area contributed by atoms with E-state index >= 15 is 0 Å². The zero-order valence-corrected chi connectivity index (χ0v) is 15.6. The number of nitrogens with zero attached hydrogens (tertiary/aromatic N) is 3. The van der Waals surface area contributed by atoms with Crippen LogP contribution in [0.1, 0.15) is 28.9 Å². The molecule has 0 unspecified atom stereocenters. The van der Waals surface area contributed by atoms with Crippen molar-refractivity contribution in [3.05, 3.63) is 41.7 Å². The highest BCUT2D eigenvalue weighted by Gasteiger charge is 2.42. The molecule has 1 aromatic carbocycles. The molecule has 2 aromatic rings. The van der Waals surface area contributed by atoms with E-state index in [1.54, 1.807) is 34.0 Å². The second kappa shape index (κ2) is 7.69. The molecule has 8 nitrogen and oxygen atoms in total. The number of benzene rings is 1. The average molecular weight is 373 g/mol. The maximum Gasteiger partial charge on any atom is 0.308 e. The van der Waals surface area contributed by atoms with Crippen LogP contribution in [0.15, 0.2) is 30.5 Å². The topological polar surface area (TPSA) is 93.9 Å². The first-order chi connectivity index (χ1) is 13.0. The van der Waals surface area contributed by atoms with Crippen LogP contribution in [0.4, 0.5) is 0 Å². The van der Waals surface area contributed by atoms with Crippen LogP contribution in [-0.2, 0) is 11.3 Å². The average Bonchev–Trinajstić information content (AvgIpc) is 3.33. The van der Waals surface area contributed by atoms with E-state index in [4.69, 9.17) is 9.47 Å². The van der Waals surface area contributed by atoms with Gasteiger partial charge >= 0.3 is 5.97 Å². The molecule has 144 valence electrons. The summed E-state index contributed by atoms with van der Waals surface area (Å²) >= 11 is 0. The van der Waals surface area contributed by atoms with Crippen LogP contribution in [0, 0.1) is 5.92 Å². The monoisotopic (exact) mass is 373 g/mol. The van der Waals surface area contributed by atoms with Gasteiger partial charge in [0.2, 0.25) is 0 Å². The highest BCUT2D eigenvalue weighted by atomic mass is 16.5. The Morgan fingerprint density at radius 2 is 2.00 bits per heavy atom. The van der Waals surface area contributed by atoms with Crippen molar-refractivity contribution in [3.63, 3.8) is 0 Å².